The summed E-state index contributed by atoms with van der Waals surface area (Å²) in [5, 5.41) is 23.1. The van der Waals surface area contributed by atoms with Crippen molar-refractivity contribution in [1.29, 1.82) is 0 Å². The number of unbranched alkanes of at least 4 members (excludes halogenated alkanes) is 24. The molecule has 2 atom stereocenters. The molecule has 0 radical (unpaired) electrons. The second-order valence-corrected chi connectivity index (χ2v) is 18.2. The normalized spacial score (nSPS) is 13.8. The molecule has 0 aromatic carbocycles. The lowest BCUT2D eigenvalue weighted by Gasteiger charge is -2.19. The van der Waals surface area contributed by atoms with E-state index in [1.807, 2.05) is 6.08 Å². The maximum absolute atomic E-state index is 12.5. The van der Waals surface area contributed by atoms with Crippen LogP contribution in [0.3, 0.4) is 0 Å². The lowest BCUT2D eigenvalue weighted by molar-refractivity contribution is -0.123. The Morgan fingerprint density at radius 2 is 0.682 bits per heavy atom. The summed E-state index contributed by atoms with van der Waals surface area (Å²) in [6.45, 7) is 4.17. The lowest BCUT2D eigenvalue weighted by atomic mass is 10.0. The Morgan fingerprint density at radius 3 is 1.06 bits per heavy atom. The van der Waals surface area contributed by atoms with Gasteiger partial charge in [0.05, 0.1) is 18.8 Å². The van der Waals surface area contributed by atoms with Crippen molar-refractivity contribution in [3.05, 3.63) is 122 Å². The van der Waals surface area contributed by atoms with Gasteiger partial charge >= 0.3 is 0 Å². The molecule has 0 saturated carbocycles. The Hall–Kier alpha value is -3.21. The summed E-state index contributed by atoms with van der Waals surface area (Å²) in [7, 11) is 0. The minimum atomic E-state index is -0.878. The first kappa shape index (κ1) is 62.8. The van der Waals surface area contributed by atoms with Crippen molar-refractivity contribution >= 4 is 5.91 Å². The van der Waals surface area contributed by atoms with E-state index in [2.05, 4.69) is 129 Å². The third-order valence-electron chi connectivity index (χ3n) is 11.9. The first-order chi connectivity index (χ1) is 32.7. The second-order valence-electron chi connectivity index (χ2n) is 18.2. The van der Waals surface area contributed by atoms with Gasteiger partial charge in [-0.15, -0.1) is 0 Å². The van der Waals surface area contributed by atoms with E-state index in [0.29, 0.717) is 6.42 Å². The number of aliphatic hydroxyl groups is 2. The molecule has 0 heterocycles. The summed E-state index contributed by atoms with van der Waals surface area (Å²) in [5.41, 5.74) is 0. The van der Waals surface area contributed by atoms with Crippen LogP contribution in [0.4, 0.5) is 0 Å². The van der Waals surface area contributed by atoms with E-state index in [1.54, 1.807) is 6.08 Å². The molecule has 0 spiro atoms. The van der Waals surface area contributed by atoms with Gasteiger partial charge in [0.1, 0.15) is 0 Å². The summed E-state index contributed by atoms with van der Waals surface area (Å²) in [4.78, 5) is 12.5. The number of carbonyl (C=O) groups excluding carboxylic acids is 1. The van der Waals surface area contributed by atoms with Crippen molar-refractivity contribution in [3.8, 4) is 0 Å². The van der Waals surface area contributed by atoms with Crippen LogP contribution in [0, 0.1) is 0 Å². The van der Waals surface area contributed by atoms with Crippen LogP contribution >= 0.6 is 0 Å². The predicted molar refractivity (Wildman–Crippen MR) is 294 cm³/mol. The summed E-state index contributed by atoms with van der Waals surface area (Å²) in [6, 6.07) is -0.654. The monoisotopic (exact) mass is 912 g/mol. The zero-order chi connectivity index (χ0) is 47.7. The fourth-order valence-electron chi connectivity index (χ4n) is 7.72. The predicted octanol–water partition coefficient (Wildman–Crippen LogP) is 18.5. The molecule has 376 valence electrons. The molecule has 0 bridgehead atoms. The fourth-order valence-corrected chi connectivity index (χ4v) is 7.72. The molecule has 2 unspecified atom stereocenters. The first-order valence-electron chi connectivity index (χ1n) is 27.7. The van der Waals surface area contributed by atoms with Crippen LogP contribution in [-0.2, 0) is 4.79 Å². The van der Waals surface area contributed by atoms with E-state index in [1.165, 1.54) is 141 Å². The van der Waals surface area contributed by atoms with Gasteiger partial charge in [0.25, 0.3) is 0 Å². The summed E-state index contributed by atoms with van der Waals surface area (Å²) >= 11 is 0. The third kappa shape index (κ3) is 51.8. The van der Waals surface area contributed by atoms with Gasteiger partial charge in [-0.05, 0) is 103 Å². The highest BCUT2D eigenvalue weighted by atomic mass is 16.3. The van der Waals surface area contributed by atoms with Crippen LogP contribution in [0.2, 0.25) is 0 Å². The van der Waals surface area contributed by atoms with E-state index < -0.39 is 12.1 Å². The maximum atomic E-state index is 12.5. The minimum absolute atomic E-state index is 0.0834. The molecule has 0 aromatic heterocycles. The number of nitrogens with one attached hydrogen (secondary N) is 1. The van der Waals surface area contributed by atoms with Crippen LogP contribution in [-0.4, -0.2) is 34.9 Å². The molecule has 0 aliphatic rings. The topological polar surface area (TPSA) is 69.6 Å². The van der Waals surface area contributed by atoms with Crippen molar-refractivity contribution in [2.45, 2.75) is 257 Å². The quantitative estimate of drug-likeness (QED) is 0.0421. The van der Waals surface area contributed by atoms with Gasteiger partial charge < -0.3 is 15.5 Å². The van der Waals surface area contributed by atoms with Gasteiger partial charge in [0, 0.05) is 6.42 Å². The van der Waals surface area contributed by atoms with E-state index in [4.69, 9.17) is 0 Å². The van der Waals surface area contributed by atoms with Gasteiger partial charge in [-0.3, -0.25) is 4.79 Å². The van der Waals surface area contributed by atoms with Crippen molar-refractivity contribution < 1.29 is 15.0 Å². The highest BCUT2D eigenvalue weighted by Gasteiger charge is 2.17. The Kier molecular flexibility index (Phi) is 53.4. The van der Waals surface area contributed by atoms with Crippen molar-refractivity contribution in [2.75, 3.05) is 6.61 Å². The maximum Gasteiger partial charge on any atom is 0.220 e. The number of allylic oxidation sites excluding steroid dienone is 19. The molecule has 0 fully saturated rings. The smallest absolute Gasteiger partial charge is 0.220 e. The zero-order valence-corrected chi connectivity index (χ0v) is 43.2. The molecule has 0 saturated heterocycles. The van der Waals surface area contributed by atoms with E-state index >= 15 is 0 Å². The molecule has 0 aromatic rings. The molecule has 66 heavy (non-hydrogen) atoms. The Morgan fingerprint density at radius 1 is 0.379 bits per heavy atom. The Balaban J connectivity index is 3.60. The number of amides is 1. The highest BCUT2D eigenvalue weighted by molar-refractivity contribution is 5.76. The Labute approximate surface area is 409 Å². The first-order valence-corrected chi connectivity index (χ1v) is 27.7. The van der Waals surface area contributed by atoms with Crippen LogP contribution in [0.25, 0.3) is 0 Å². The van der Waals surface area contributed by atoms with E-state index in [-0.39, 0.29) is 12.5 Å². The average molecular weight is 913 g/mol. The zero-order valence-electron chi connectivity index (χ0n) is 43.2. The molecular formula is C62H105NO3. The van der Waals surface area contributed by atoms with Crippen molar-refractivity contribution in [1.82, 2.24) is 5.32 Å². The number of hydrogen-bond acceptors (Lipinski definition) is 3. The van der Waals surface area contributed by atoms with E-state index in [0.717, 1.165) is 83.5 Å². The average Bonchev–Trinajstić information content (AvgIpc) is 3.32. The lowest BCUT2D eigenvalue weighted by Crippen LogP contribution is -2.45. The van der Waals surface area contributed by atoms with Gasteiger partial charge in [-0.2, -0.15) is 0 Å². The van der Waals surface area contributed by atoms with Crippen LogP contribution in [0.5, 0.6) is 0 Å². The summed E-state index contributed by atoms with van der Waals surface area (Å²) < 4.78 is 0. The number of rotatable bonds is 49. The molecule has 4 nitrogen and oxygen atoms in total. The van der Waals surface area contributed by atoms with Crippen molar-refractivity contribution in [3.63, 3.8) is 0 Å². The van der Waals surface area contributed by atoms with E-state index in [9.17, 15) is 15.0 Å². The van der Waals surface area contributed by atoms with Crippen LogP contribution in [0.1, 0.15) is 245 Å². The molecule has 0 aliphatic carbocycles. The Bertz CT molecular complexity index is 1310. The van der Waals surface area contributed by atoms with Crippen molar-refractivity contribution in [2.24, 2.45) is 0 Å². The molecule has 0 aliphatic heterocycles. The van der Waals surface area contributed by atoms with Gasteiger partial charge in [-0.25, -0.2) is 0 Å². The second kappa shape index (κ2) is 56.1. The molecular weight excluding hydrogens is 807 g/mol. The highest BCUT2D eigenvalue weighted by Crippen LogP contribution is 2.15. The van der Waals surface area contributed by atoms with Crippen LogP contribution in [0.15, 0.2) is 122 Å². The number of hydrogen-bond donors (Lipinski definition) is 3. The molecule has 1 amide bonds. The standard InChI is InChI=1S/C62H105NO3/c1-3-5-7-9-11-13-15-17-19-21-23-24-25-26-27-28-29-30-31-32-33-34-35-36-37-38-40-42-44-46-48-50-52-54-56-58-62(66)63-60(59-64)61(65)57-55-53-51-49-47-45-43-41-39-22-20-18-16-14-12-10-8-6-4-2/h5,7,11,13,17,19,23-24,26-27,29-30,32-33,39,41,47,49,55,57,60-61,64-65H,3-4,6,8-10,12,14-16,18,20-22,25,28,31,34-38,40,42-46,48,50-54,56,58-59H2,1-2H3,(H,63,66)/b7-5-,13-11-,19-17-,24-23-,27-26-,30-29-,33-32-,41-39+,49-47+,57-55+. The fraction of sp³-hybridized carbons (Fsp3) is 0.661. The molecule has 3 N–H and O–H groups in total. The largest absolute Gasteiger partial charge is 0.394 e. The third-order valence-corrected chi connectivity index (χ3v) is 11.9. The SMILES string of the molecule is CC/C=C\C/C=C\C/C=C\C/C=C\C/C=C\C/C=C\C/C=C\CCCCCCCCCCCCCCCC(=O)NC(CO)C(O)/C=C/CC/C=C/CC/C=C/CCCCCCCCCCC. The van der Waals surface area contributed by atoms with Gasteiger partial charge in [0.2, 0.25) is 5.91 Å². The molecule has 0 rings (SSSR count). The molecule has 4 heteroatoms. The van der Waals surface area contributed by atoms with Gasteiger partial charge in [0.15, 0.2) is 0 Å². The minimum Gasteiger partial charge on any atom is -0.394 e. The van der Waals surface area contributed by atoms with Gasteiger partial charge in [-0.1, -0.05) is 257 Å². The van der Waals surface area contributed by atoms with Crippen LogP contribution < -0.4 is 5.32 Å². The number of carbonyl (C=O) groups is 1. The summed E-state index contributed by atoms with van der Waals surface area (Å²) in [6.07, 6.45) is 86.3. The summed E-state index contributed by atoms with van der Waals surface area (Å²) in [5.74, 6) is -0.0834. The number of aliphatic hydroxyl groups excluding tert-OH is 2.